The van der Waals surface area contributed by atoms with E-state index in [9.17, 15) is 4.79 Å². The molecule has 0 unspecified atom stereocenters. The van der Waals surface area contributed by atoms with Gasteiger partial charge in [0.1, 0.15) is 0 Å². The van der Waals surface area contributed by atoms with Crippen LogP contribution in [0.1, 0.15) is 13.8 Å². The Morgan fingerprint density at radius 3 is 2.11 bits per heavy atom. The van der Waals surface area contributed by atoms with Gasteiger partial charge in [0.05, 0.1) is 6.54 Å². The second-order valence-electron chi connectivity index (χ2n) is 4.36. The van der Waals surface area contributed by atoms with Crippen LogP contribution in [0, 0.1) is 0 Å². The lowest BCUT2D eigenvalue weighted by Gasteiger charge is -2.19. The van der Waals surface area contributed by atoms with E-state index in [1.54, 1.807) is 0 Å². The summed E-state index contributed by atoms with van der Waals surface area (Å²) >= 11 is 0. The average Bonchev–Trinajstić information content (AvgIpc) is 2.38. The minimum Gasteiger partial charge on any atom is -0.378 e. The van der Waals surface area contributed by atoms with E-state index >= 15 is 0 Å². The zero-order valence-electron chi connectivity index (χ0n) is 11.7. The van der Waals surface area contributed by atoms with E-state index in [0.29, 0.717) is 6.54 Å². The van der Waals surface area contributed by atoms with Crippen LogP contribution in [0.2, 0.25) is 0 Å². The summed E-state index contributed by atoms with van der Waals surface area (Å²) < 4.78 is 0. The van der Waals surface area contributed by atoms with Gasteiger partial charge < -0.3 is 15.1 Å². The Hall–Kier alpha value is -1.71. The highest BCUT2D eigenvalue weighted by atomic mass is 16.2. The molecular formula is C14H23N3O. The molecule has 0 aliphatic carbocycles. The lowest BCUT2D eigenvalue weighted by atomic mass is 10.2. The molecule has 18 heavy (non-hydrogen) atoms. The Bertz CT molecular complexity index is 369. The molecule has 1 aromatic carbocycles. The molecule has 1 N–H and O–H groups in total. The van der Waals surface area contributed by atoms with Crippen molar-refractivity contribution in [1.82, 2.24) is 4.90 Å². The van der Waals surface area contributed by atoms with Crippen molar-refractivity contribution in [1.29, 1.82) is 0 Å². The van der Waals surface area contributed by atoms with Crippen LogP contribution in [0.3, 0.4) is 0 Å². The van der Waals surface area contributed by atoms with E-state index in [2.05, 4.69) is 5.32 Å². The molecule has 0 atom stereocenters. The highest BCUT2D eigenvalue weighted by Gasteiger charge is 2.08. The number of carbonyl (C=O) groups excluding carboxylic acids is 1. The summed E-state index contributed by atoms with van der Waals surface area (Å²) in [5.74, 6) is 0.136. The highest BCUT2D eigenvalue weighted by Crippen LogP contribution is 2.15. The largest absolute Gasteiger partial charge is 0.378 e. The van der Waals surface area contributed by atoms with Gasteiger partial charge in [-0.3, -0.25) is 4.79 Å². The standard InChI is InChI=1S/C14H23N3O/c1-5-17(6-2)14(18)11-15-12-7-9-13(10-8-12)16(3)4/h7-10,15H,5-6,11H2,1-4H3. The SMILES string of the molecule is CCN(CC)C(=O)CNc1ccc(N(C)C)cc1. The van der Waals surface area contributed by atoms with Gasteiger partial charge in [0.15, 0.2) is 0 Å². The van der Waals surface area contributed by atoms with Gasteiger partial charge in [-0.1, -0.05) is 0 Å². The number of likely N-dealkylation sites (N-methyl/N-ethyl adjacent to an activating group) is 1. The van der Waals surface area contributed by atoms with Gasteiger partial charge in [0.25, 0.3) is 0 Å². The summed E-state index contributed by atoms with van der Waals surface area (Å²) in [6.45, 7) is 5.86. The number of rotatable bonds is 6. The van der Waals surface area contributed by atoms with Crippen molar-refractivity contribution in [3.63, 3.8) is 0 Å². The van der Waals surface area contributed by atoms with Crippen LogP contribution in [-0.2, 0) is 4.79 Å². The van der Waals surface area contributed by atoms with E-state index in [1.165, 1.54) is 0 Å². The van der Waals surface area contributed by atoms with Gasteiger partial charge in [-0.15, -0.1) is 0 Å². The number of amides is 1. The molecule has 0 saturated carbocycles. The molecule has 0 fully saturated rings. The van der Waals surface area contributed by atoms with Crippen LogP contribution >= 0.6 is 0 Å². The Balaban J connectivity index is 2.51. The highest BCUT2D eigenvalue weighted by molar-refractivity contribution is 5.80. The molecule has 0 aliphatic heterocycles. The van der Waals surface area contributed by atoms with Crippen LogP contribution in [0.15, 0.2) is 24.3 Å². The molecule has 0 aliphatic rings. The maximum atomic E-state index is 11.8. The number of nitrogens with zero attached hydrogens (tertiary/aromatic N) is 2. The Labute approximate surface area is 110 Å². The Morgan fingerprint density at radius 1 is 1.11 bits per heavy atom. The van der Waals surface area contributed by atoms with E-state index in [4.69, 9.17) is 0 Å². The van der Waals surface area contributed by atoms with Crippen LogP contribution in [0.5, 0.6) is 0 Å². The van der Waals surface area contributed by atoms with Gasteiger partial charge in [0, 0.05) is 38.6 Å². The number of carbonyl (C=O) groups is 1. The number of hydrogen-bond acceptors (Lipinski definition) is 3. The van der Waals surface area contributed by atoms with Gasteiger partial charge in [-0.25, -0.2) is 0 Å². The van der Waals surface area contributed by atoms with Gasteiger partial charge in [-0.05, 0) is 38.1 Å². The molecule has 1 rings (SSSR count). The summed E-state index contributed by atoms with van der Waals surface area (Å²) in [6.07, 6.45) is 0. The van der Waals surface area contributed by atoms with Crippen molar-refractivity contribution < 1.29 is 4.79 Å². The normalized spacial score (nSPS) is 10.0. The molecule has 1 amide bonds. The zero-order valence-corrected chi connectivity index (χ0v) is 11.7. The number of benzene rings is 1. The van der Waals surface area contributed by atoms with Crippen molar-refractivity contribution in [2.24, 2.45) is 0 Å². The molecule has 4 heteroatoms. The number of anilines is 2. The van der Waals surface area contributed by atoms with Crippen molar-refractivity contribution >= 4 is 17.3 Å². The van der Waals surface area contributed by atoms with Crippen LogP contribution in [-0.4, -0.2) is 44.5 Å². The number of nitrogens with one attached hydrogen (secondary N) is 1. The van der Waals surface area contributed by atoms with E-state index in [-0.39, 0.29) is 5.91 Å². The predicted octanol–water partition coefficient (Wildman–Crippen LogP) is 2.03. The minimum absolute atomic E-state index is 0.136. The molecular weight excluding hydrogens is 226 g/mol. The smallest absolute Gasteiger partial charge is 0.241 e. The quantitative estimate of drug-likeness (QED) is 0.838. The minimum atomic E-state index is 0.136. The lowest BCUT2D eigenvalue weighted by molar-refractivity contribution is -0.128. The molecule has 0 spiro atoms. The van der Waals surface area contributed by atoms with Crippen molar-refractivity contribution in [2.75, 3.05) is 43.9 Å². The lowest BCUT2D eigenvalue weighted by Crippen LogP contribution is -2.35. The second kappa shape index (κ2) is 6.89. The molecule has 0 radical (unpaired) electrons. The maximum absolute atomic E-state index is 11.8. The number of hydrogen-bond donors (Lipinski definition) is 1. The summed E-state index contributed by atoms with van der Waals surface area (Å²) in [6, 6.07) is 8.05. The zero-order chi connectivity index (χ0) is 13.5. The van der Waals surface area contributed by atoms with Crippen LogP contribution in [0.25, 0.3) is 0 Å². The van der Waals surface area contributed by atoms with Gasteiger partial charge >= 0.3 is 0 Å². The topological polar surface area (TPSA) is 35.6 Å². The third-order valence-corrected chi connectivity index (χ3v) is 2.94. The third-order valence-electron chi connectivity index (χ3n) is 2.94. The first-order valence-corrected chi connectivity index (χ1v) is 6.37. The van der Waals surface area contributed by atoms with Crippen LogP contribution in [0.4, 0.5) is 11.4 Å². The molecule has 0 bridgehead atoms. The van der Waals surface area contributed by atoms with E-state index in [1.807, 2.05) is 62.0 Å². The average molecular weight is 249 g/mol. The Kier molecular flexibility index (Phi) is 5.49. The molecule has 100 valence electrons. The van der Waals surface area contributed by atoms with Crippen molar-refractivity contribution in [3.05, 3.63) is 24.3 Å². The fourth-order valence-corrected chi connectivity index (χ4v) is 1.74. The first kappa shape index (κ1) is 14.4. The van der Waals surface area contributed by atoms with Gasteiger partial charge in [-0.2, -0.15) is 0 Å². The molecule has 4 nitrogen and oxygen atoms in total. The molecule has 1 aromatic rings. The first-order valence-electron chi connectivity index (χ1n) is 6.37. The molecule has 0 saturated heterocycles. The van der Waals surface area contributed by atoms with E-state index in [0.717, 1.165) is 24.5 Å². The third kappa shape index (κ3) is 3.95. The summed E-state index contributed by atoms with van der Waals surface area (Å²) in [5, 5.41) is 3.15. The van der Waals surface area contributed by atoms with Crippen molar-refractivity contribution in [3.8, 4) is 0 Å². The second-order valence-corrected chi connectivity index (χ2v) is 4.36. The van der Waals surface area contributed by atoms with Gasteiger partial charge in [0.2, 0.25) is 5.91 Å². The van der Waals surface area contributed by atoms with Crippen LogP contribution < -0.4 is 10.2 Å². The Morgan fingerprint density at radius 2 is 1.67 bits per heavy atom. The monoisotopic (exact) mass is 249 g/mol. The summed E-state index contributed by atoms with van der Waals surface area (Å²) in [5.41, 5.74) is 2.12. The maximum Gasteiger partial charge on any atom is 0.241 e. The fraction of sp³-hybridized carbons (Fsp3) is 0.500. The summed E-state index contributed by atoms with van der Waals surface area (Å²) in [7, 11) is 4.01. The van der Waals surface area contributed by atoms with E-state index < -0.39 is 0 Å². The van der Waals surface area contributed by atoms with Crippen molar-refractivity contribution in [2.45, 2.75) is 13.8 Å². The molecule has 0 heterocycles. The summed E-state index contributed by atoms with van der Waals surface area (Å²) in [4.78, 5) is 15.7. The predicted molar refractivity (Wildman–Crippen MR) is 77.2 cm³/mol. The molecule has 0 aromatic heterocycles. The fourth-order valence-electron chi connectivity index (χ4n) is 1.74. The first-order chi connectivity index (χ1) is 8.58.